The highest BCUT2D eigenvalue weighted by Crippen LogP contribution is 2.22. The van der Waals surface area contributed by atoms with E-state index >= 15 is 0 Å². The predicted octanol–water partition coefficient (Wildman–Crippen LogP) is 3.49. The SMILES string of the molecule is CC(C)CNC(=O)NCCc1cc(-c2ccc(Cl)cc2)on1. The lowest BCUT2D eigenvalue weighted by Crippen LogP contribution is -2.38. The second-order valence-electron chi connectivity index (χ2n) is 5.47. The van der Waals surface area contributed by atoms with Gasteiger partial charge in [0.15, 0.2) is 5.76 Å². The molecule has 1 aromatic carbocycles. The van der Waals surface area contributed by atoms with Crippen molar-refractivity contribution in [2.45, 2.75) is 20.3 Å². The highest BCUT2D eigenvalue weighted by atomic mass is 35.5. The highest BCUT2D eigenvalue weighted by Gasteiger charge is 2.07. The average Bonchev–Trinajstić information content (AvgIpc) is 2.95. The summed E-state index contributed by atoms with van der Waals surface area (Å²) >= 11 is 5.86. The second kappa shape index (κ2) is 7.84. The number of hydrogen-bond acceptors (Lipinski definition) is 3. The topological polar surface area (TPSA) is 67.2 Å². The fourth-order valence-electron chi connectivity index (χ4n) is 1.84. The number of aromatic nitrogens is 1. The summed E-state index contributed by atoms with van der Waals surface area (Å²) in [6.45, 7) is 5.27. The number of rotatable bonds is 6. The summed E-state index contributed by atoms with van der Waals surface area (Å²) in [4.78, 5) is 11.5. The van der Waals surface area contributed by atoms with Gasteiger partial charge in [-0.3, -0.25) is 0 Å². The van der Waals surface area contributed by atoms with Crippen molar-refractivity contribution < 1.29 is 9.32 Å². The summed E-state index contributed by atoms with van der Waals surface area (Å²) in [5.41, 5.74) is 1.72. The lowest BCUT2D eigenvalue weighted by molar-refractivity contribution is 0.239. The number of carbonyl (C=O) groups is 1. The van der Waals surface area contributed by atoms with E-state index in [0.29, 0.717) is 36.2 Å². The Balaban J connectivity index is 1.80. The van der Waals surface area contributed by atoms with Crippen molar-refractivity contribution in [1.82, 2.24) is 15.8 Å². The van der Waals surface area contributed by atoms with Gasteiger partial charge in [-0.1, -0.05) is 30.6 Å². The summed E-state index contributed by atoms with van der Waals surface area (Å²) in [5, 5.41) is 10.3. The van der Waals surface area contributed by atoms with Crippen molar-refractivity contribution in [2.24, 2.45) is 5.92 Å². The Hall–Kier alpha value is -2.01. The predicted molar refractivity (Wildman–Crippen MR) is 86.9 cm³/mol. The second-order valence-corrected chi connectivity index (χ2v) is 5.91. The molecule has 0 aliphatic heterocycles. The van der Waals surface area contributed by atoms with Gasteiger partial charge in [-0.25, -0.2) is 4.79 Å². The molecule has 6 heteroatoms. The summed E-state index contributed by atoms with van der Waals surface area (Å²) in [6.07, 6.45) is 0.617. The fraction of sp³-hybridized carbons (Fsp3) is 0.375. The Labute approximate surface area is 135 Å². The summed E-state index contributed by atoms with van der Waals surface area (Å²) in [5.74, 6) is 1.12. The van der Waals surface area contributed by atoms with Gasteiger partial charge < -0.3 is 15.2 Å². The molecule has 22 heavy (non-hydrogen) atoms. The van der Waals surface area contributed by atoms with E-state index in [2.05, 4.69) is 15.8 Å². The Bertz CT molecular complexity index is 608. The number of benzene rings is 1. The normalized spacial score (nSPS) is 10.7. The number of nitrogens with one attached hydrogen (secondary N) is 2. The number of hydrogen-bond donors (Lipinski definition) is 2. The first kappa shape index (κ1) is 16.4. The Morgan fingerprint density at radius 1 is 1.27 bits per heavy atom. The lowest BCUT2D eigenvalue weighted by atomic mass is 10.1. The van der Waals surface area contributed by atoms with Gasteiger partial charge in [0.25, 0.3) is 0 Å². The standard InChI is InChI=1S/C16H20ClN3O2/c1-11(2)10-19-16(21)18-8-7-14-9-15(22-20-14)12-3-5-13(17)6-4-12/h3-6,9,11H,7-8,10H2,1-2H3,(H2,18,19,21). The zero-order chi connectivity index (χ0) is 15.9. The molecule has 0 atom stereocenters. The molecule has 2 rings (SSSR count). The van der Waals surface area contributed by atoms with E-state index in [0.717, 1.165) is 11.3 Å². The van der Waals surface area contributed by atoms with Crippen molar-refractivity contribution in [3.8, 4) is 11.3 Å². The van der Waals surface area contributed by atoms with Crippen molar-refractivity contribution in [1.29, 1.82) is 0 Å². The van der Waals surface area contributed by atoms with Crippen LogP contribution in [-0.2, 0) is 6.42 Å². The third kappa shape index (κ3) is 5.07. The number of amides is 2. The van der Waals surface area contributed by atoms with Crippen LogP contribution in [0.4, 0.5) is 4.79 Å². The molecule has 0 aliphatic rings. The summed E-state index contributed by atoms with van der Waals surface area (Å²) in [7, 11) is 0. The van der Waals surface area contributed by atoms with Gasteiger partial charge in [0.05, 0.1) is 5.69 Å². The molecule has 1 aromatic heterocycles. The van der Waals surface area contributed by atoms with E-state index in [1.54, 1.807) is 12.1 Å². The van der Waals surface area contributed by atoms with Crippen LogP contribution in [0.3, 0.4) is 0 Å². The maximum absolute atomic E-state index is 11.5. The Kier molecular flexibility index (Phi) is 5.83. The molecule has 2 aromatic rings. The molecule has 0 aliphatic carbocycles. The Morgan fingerprint density at radius 3 is 2.68 bits per heavy atom. The van der Waals surface area contributed by atoms with Crippen LogP contribution in [-0.4, -0.2) is 24.3 Å². The van der Waals surface area contributed by atoms with E-state index < -0.39 is 0 Å². The summed E-state index contributed by atoms with van der Waals surface area (Å²) < 4.78 is 5.31. The molecule has 0 radical (unpaired) electrons. The molecule has 0 saturated carbocycles. The minimum atomic E-state index is -0.157. The van der Waals surface area contributed by atoms with Gasteiger partial charge in [0.1, 0.15) is 0 Å². The van der Waals surface area contributed by atoms with E-state index in [-0.39, 0.29) is 6.03 Å². The third-order valence-electron chi connectivity index (χ3n) is 3.03. The molecule has 0 fully saturated rings. The van der Waals surface area contributed by atoms with Crippen molar-refractivity contribution in [3.63, 3.8) is 0 Å². The quantitative estimate of drug-likeness (QED) is 0.855. The number of nitrogens with zero attached hydrogens (tertiary/aromatic N) is 1. The van der Waals surface area contributed by atoms with Crippen molar-refractivity contribution >= 4 is 17.6 Å². The maximum Gasteiger partial charge on any atom is 0.314 e. The van der Waals surface area contributed by atoms with E-state index in [1.807, 2.05) is 32.0 Å². The molecule has 1 heterocycles. The van der Waals surface area contributed by atoms with Crippen LogP contribution in [0.5, 0.6) is 0 Å². The highest BCUT2D eigenvalue weighted by molar-refractivity contribution is 6.30. The molecule has 2 amide bonds. The Morgan fingerprint density at radius 2 is 2.00 bits per heavy atom. The minimum Gasteiger partial charge on any atom is -0.356 e. The minimum absolute atomic E-state index is 0.157. The van der Waals surface area contributed by atoms with E-state index in [4.69, 9.17) is 16.1 Å². The number of urea groups is 1. The third-order valence-corrected chi connectivity index (χ3v) is 3.28. The van der Waals surface area contributed by atoms with E-state index in [1.165, 1.54) is 0 Å². The van der Waals surface area contributed by atoms with Gasteiger partial charge in [0.2, 0.25) is 0 Å². The number of halogens is 1. The van der Waals surface area contributed by atoms with Gasteiger partial charge in [-0.15, -0.1) is 0 Å². The van der Waals surface area contributed by atoms with Crippen LogP contribution in [0.25, 0.3) is 11.3 Å². The summed E-state index contributed by atoms with van der Waals surface area (Å²) in [6, 6.07) is 9.08. The molecular formula is C16H20ClN3O2. The van der Waals surface area contributed by atoms with Crippen LogP contribution >= 0.6 is 11.6 Å². The smallest absolute Gasteiger partial charge is 0.314 e. The zero-order valence-corrected chi connectivity index (χ0v) is 13.5. The molecule has 0 saturated heterocycles. The van der Waals surface area contributed by atoms with E-state index in [9.17, 15) is 4.79 Å². The first-order valence-electron chi connectivity index (χ1n) is 7.28. The molecule has 2 N–H and O–H groups in total. The number of carbonyl (C=O) groups excluding carboxylic acids is 1. The maximum atomic E-state index is 11.5. The first-order valence-corrected chi connectivity index (χ1v) is 7.65. The van der Waals surface area contributed by atoms with Crippen LogP contribution in [0, 0.1) is 5.92 Å². The van der Waals surface area contributed by atoms with Crippen LogP contribution in [0.1, 0.15) is 19.5 Å². The van der Waals surface area contributed by atoms with Gasteiger partial charge in [-0.2, -0.15) is 0 Å². The lowest BCUT2D eigenvalue weighted by Gasteiger charge is -2.08. The van der Waals surface area contributed by atoms with Crippen LogP contribution < -0.4 is 10.6 Å². The molecule has 0 unspecified atom stereocenters. The van der Waals surface area contributed by atoms with Crippen molar-refractivity contribution in [3.05, 3.63) is 41.0 Å². The van der Waals surface area contributed by atoms with Crippen LogP contribution in [0.15, 0.2) is 34.9 Å². The molecule has 0 spiro atoms. The van der Waals surface area contributed by atoms with Gasteiger partial charge in [0, 0.05) is 36.2 Å². The average molecular weight is 322 g/mol. The van der Waals surface area contributed by atoms with Crippen molar-refractivity contribution in [2.75, 3.05) is 13.1 Å². The zero-order valence-electron chi connectivity index (χ0n) is 12.7. The monoisotopic (exact) mass is 321 g/mol. The molecular weight excluding hydrogens is 302 g/mol. The first-order chi connectivity index (χ1) is 10.5. The van der Waals surface area contributed by atoms with Gasteiger partial charge in [-0.05, 0) is 30.2 Å². The fourth-order valence-corrected chi connectivity index (χ4v) is 1.97. The van der Waals surface area contributed by atoms with Gasteiger partial charge >= 0.3 is 6.03 Å². The molecule has 118 valence electrons. The molecule has 5 nitrogen and oxygen atoms in total. The largest absolute Gasteiger partial charge is 0.356 e. The molecule has 0 bridgehead atoms. The van der Waals surface area contributed by atoms with Crippen LogP contribution in [0.2, 0.25) is 5.02 Å².